The van der Waals surface area contributed by atoms with E-state index in [1.54, 1.807) is 12.1 Å². The van der Waals surface area contributed by atoms with Gasteiger partial charge < -0.3 is 5.21 Å². The van der Waals surface area contributed by atoms with Crippen molar-refractivity contribution in [3.05, 3.63) is 66.2 Å². The van der Waals surface area contributed by atoms with Gasteiger partial charge in [-0.3, -0.25) is 4.57 Å². The zero-order valence-corrected chi connectivity index (χ0v) is 11.0. The molecule has 1 unspecified atom stereocenters. The first-order valence-electron chi connectivity index (χ1n) is 5.80. The molecule has 0 heterocycles. The Morgan fingerprint density at radius 3 is 2.00 bits per heavy atom. The van der Waals surface area contributed by atoms with Crippen molar-refractivity contribution in [1.29, 1.82) is 0 Å². The highest BCUT2D eigenvalue weighted by Crippen LogP contribution is 2.53. The van der Waals surface area contributed by atoms with Crippen molar-refractivity contribution in [2.24, 2.45) is 0 Å². The van der Waals surface area contributed by atoms with Crippen LogP contribution < -0.4 is 10.6 Å². The lowest BCUT2D eigenvalue weighted by molar-refractivity contribution is 0.241. The minimum Gasteiger partial charge on any atom is -0.310 e. The predicted molar refractivity (Wildman–Crippen MR) is 73.5 cm³/mol. The molecule has 2 rings (SSSR count). The predicted octanol–water partition coefficient (Wildman–Crippen LogP) is 3.33. The Labute approximate surface area is 107 Å². The molecule has 3 nitrogen and oxygen atoms in total. The van der Waals surface area contributed by atoms with Crippen molar-refractivity contribution in [2.45, 2.75) is 12.6 Å². The van der Waals surface area contributed by atoms with E-state index in [0.717, 1.165) is 5.56 Å². The molecular formula is C14H16NO2P. The lowest BCUT2D eigenvalue weighted by Crippen LogP contribution is -2.20. The molecule has 94 valence electrons. The van der Waals surface area contributed by atoms with Crippen molar-refractivity contribution < 1.29 is 9.77 Å². The standard InChI is InChI=1S/C14H16NO2P/c1-12(13-8-4-2-5-9-13)18(17,15-16)14-10-6-3-7-11-14/h2-12,16H,1H3,(H,15,17)/t12-,18?/m0/s1. The van der Waals surface area contributed by atoms with Crippen LogP contribution in [0.5, 0.6) is 0 Å². The highest BCUT2D eigenvalue weighted by atomic mass is 31.2. The molecule has 18 heavy (non-hydrogen) atoms. The van der Waals surface area contributed by atoms with Gasteiger partial charge >= 0.3 is 0 Å². The molecule has 2 atom stereocenters. The van der Waals surface area contributed by atoms with Gasteiger partial charge in [-0.1, -0.05) is 60.7 Å². The van der Waals surface area contributed by atoms with E-state index in [4.69, 9.17) is 0 Å². The van der Waals surface area contributed by atoms with Gasteiger partial charge in [0.15, 0.2) is 0 Å². The maximum absolute atomic E-state index is 12.9. The zero-order chi connectivity index (χ0) is 13.0. The molecule has 0 saturated carbocycles. The summed E-state index contributed by atoms with van der Waals surface area (Å²) in [6.07, 6.45) is 0. The Kier molecular flexibility index (Phi) is 3.97. The average Bonchev–Trinajstić information content (AvgIpc) is 2.47. The van der Waals surface area contributed by atoms with Gasteiger partial charge in [0, 0.05) is 5.30 Å². The molecule has 0 spiro atoms. The van der Waals surface area contributed by atoms with Crippen LogP contribution in [-0.4, -0.2) is 5.21 Å². The number of rotatable bonds is 4. The van der Waals surface area contributed by atoms with Crippen LogP contribution in [0.1, 0.15) is 18.1 Å². The van der Waals surface area contributed by atoms with Crippen LogP contribution in [0, 0.1) is 0 Å². The van der Waals surface area contributed by atoms with Crippen molar-refractivity contribution in [3.63, 3.8) is 0 Å². The second-order valence-electron chi connectivity index (χ2n) is 4.18. The first-order valence-corrected chi connectivity index (χ1v) is 7.57. The number of hydrogen-bond acceptors (Lipinski definition) is 2. The monoisotopic (exact) mass is 261 g/mol. The molecule has 0 saturated heterocycles. The van der Waals surface area contributed by atoms with Crippen LogP contribution >= 0.6 is 7.29 Å². The van der Waals surface area contributed by atoms with Gasteiger partial charge in [-0.25, -0.2) is 0 Å². The summed E-state index contributed by atoms with van der Waals surface area (Å²) in [5.74, 6) is 0. The summed E-state index contributed by atoms with van der Waals surface area (Å²) >= 11 is 0. The van der Waals surface area contributed by atoms with Crippen LogP contribution in [0.4, 0.5) is 0 Å². The first kappa shape index (κ1) is 13.0. The van der Waals surface area contributed by atoms with E-state index in [1.165, 1.54) is 0 Å². The van der Waals surface area contributed by atoms with E-state index in [0.29, 0.717) is 5.30 Å². The number of benzene rings is 2. The average molecular weight is 261 g/mol. The van der Waals surface area contributed by atoms with E-state index in [1.807, 2.05) is 60.7 Å². The van der Waals surface area contributed by atoms with Gasteiger partial charge in [0.25, 0.3) is 0 Å². The van der Waals surface area contributed by atoms with Gasteiger partial charge in [-0.2, -0.15) is 0 Å². The molecule has 2 aromatic carbocycles. The van der Waals surface area contributed by atoms with Crippen LogP contribution in [-0.2, 0) is 4.57 Å². The van der Waals surface area contributed by atoms with Crippen LogP contribution in [0.2, 0.25) is 0 Å². The van der Waals surface area contributed by atoms with Gasteiger partial charge in [0.2, 0.25) is 7.29 Å². The summed E-state index contributed by atoms with van der Waals surface area (Å²) in [6, 6.07) is 18.6. The third kappa shape index (κ3) is 2.39. The van der Waals surface area contributed by atoms with E-state index in [-0.39, 0.29) is 5.66 Å². The van der Waals surface area contributed by atoms with E-state index >= 15 is 0 Å². The second kappa shape index (κ2) is 5.49. The fraction of sp³-hybridized carbons (Fsp3) is 0.143. The third-order valence-corrected chi connectivity index (χ3v) is 5.87. The van der Waals surface area contributed by atoms with E-state index in [2.05, 4.69) is 0 Å². The van der Waals surface area contributed by atoms with Crippen molar-refractivity contribution >= 4 is 12.6 Å². The smallest absolute Gasteiger partial charge is 0.204 e. The van der Waals surface area contributed by atoms with Crippen LogP contribution in [0.25, 0.3) is 0 Å². The Morgan fingerprint density at radius 2 is 1.50 bits per heavy atom. The summed E-state index contributed by atoms with van der Waals surface area (Å²) in [7, 11) is -3.06. The van der Waals surface area contributed by atoms with Gasteiger partial charge in [-0.05, 0) is 12.5 Å². The minimum absolute atomic E-state index is 0.286. The highest BCUT2D eigenvalue weighted by Gasteiger charge is 2.32. The Bertz CT molecular complexity index is 542. The second-order valence-corrected chi connectivity index (χ2v) is 6.99. The van der Waals surface area contributed by atoms with Gasteiger partial charge in [0.1, 0.15) is 0 Å². The fourth-order valence-corrected chi connectivity index (χ4v) is 3.90. The molecular weight excluding hydrogens is 245 g/mol. The molecule has 4 heteroatoms. The lowest BCUT2D eigenvalue weighted by atomic mass is 10.2. The molecule has 2 N–H and O–H groups in total. The van der Waals surface area contributed by atoms with E-state index in [9.17, 15) is 9.77 Å². The first-order chi connectivity index (χ1) is 8.68. The Balaban J connectivity index is 2.43. The summed E-state index contributed by atoms with van der Waals surface area (Å²) in [6.45, 7) is 1.85. The maximum atomic E-state index is 12.9. The molecule has 0 radical (unpaired) electrons. The topological polar surface area (TPSA) is 49.3 Å². The molecule has 0 fully saturated rings. The lowest BCUT2D eigenvalue weighted by Gasteiger charge is -2.23. The summed E-state index contributed by atoms with van der Waals surface area (Å²) < 4.78 is 12.9. The fourth-order valence-electron chi connectivity index (χ4n) is 1.96. The van der Waals surface area contributed by atoms with Gasteiger partial charge in [0.05, 0.1) is 5.66 Å². The molecule has 0 aliphatic rings. The normalized spacial score (nSPS) is 15.9. The third-order valence-electron chi connectivity index (χ3n) is 3.12. The SMILES string of the molecule is C[C@@H](c1ccccc1)P(=O)(NO)c1ccccc1. The highest BCUT2D eigenvalue weighted by molar-refractivity contribution is 7.69. The molecule has 0 aliphatic heterocycles. The summed E-state index contributed by atoms with van der Waals surface area (Å²) in [5.41, 5.74) is 0.650. The molecule has 2 aromatic rings. The summed E-state index contributed by atoms with van der Waals surface area (Å²) in [5, 5.41) is 12.0. The number of hydrogen-bond donors (Lipinski definition) is 2. The van der Waals surface area contributed by atoms with E-state index < -0.39 is 7.29 Å². The van der Waals surface area contributed by atoms with Crippen LogP contribution in [0.3, 0.4) is 0 Å². The van der Waals surface area contributed by atoms with Crippen molar-refractivity contribution in [3.8, 4) is 0 Å². The summed E-state index contributed by atoms with van der Waals surface area (Å²) in [4.78, 5) is 0. The maximum Gasteiger partial charge on any atom is 0.204 e. The van der Waals surface area contributed by atoms with Gasteiger partial charge in [-0.15, -0.1) is 5.25 Å². The Morgan fingerprint density at radius 1 is 1.00 bits per heavy atom. The Hall–Kier alpha value is -1.41. The molecule has 0 amide bonds. The zero-order valence-electron chi connectivity index (χ0n) is 10.2. The largest absolute Gasteiger partial charge is 0.310 e. The molecule has 0 bridgehead atoms. The number of nitrogens with one attached hydrogen (secondary N) is 1. The van der Waals surface area contributed by atoms with Crippen LogP contribution in [0.15, 0.2) is 60.7 Å². The molecule has 0 aliphatic carbocycles. The van der Waals surface area contributed by atoms with Crippen molar-refractivity contribution in [2.75, 3.05) is 0 Å². The quantitative estimate of drug-likeness (QED) is 0.655. The minimum atomic E-state index is -3.06. The molecule has 0 aromatic heterocycles. The van der Waals surface area contributed by atoms with Crippen molar-refractivity contribution in [1.82, 2.24) is 5.25 Å².